The van der Waals surface area contributed by atoms with Gasteiger partial charge in [0.15, 0.2) is 5.82 Å². The SMILES string of the molecule is Cn1cnc(-c2ccc(C(=O)N(CCO)C3CC3)cc2)n1. The lowest BCUT2D eigenvalue weighted by molar-refractivity contribution is 0.0707. The molecule has 1 aliphatic rings. The van der Waals surface area contributed by atoms with Crippen molar-refractivity contribution >= 4 is 5.91 Å². The minimum atomic E-state index is -0.0212. The van der Waals surface area contributed by atoms with Gasteiger partial charge in [0.1, 0.15) is 6.33 Å². The van der Waals surface area contributed by atoms with Crippen LogP contribution in [-0.4, -0.2) is 49.9 Å². The number of benzene rings is 1. The molecule has 110 valence electrons. The zero-order valence-corrected chi connectivity index (χ0v) is 11.9. The monoisotopic (exact) mass is 286 g/mol. The zero-order valence-electron chi connectivity index (χ0n) is 11.9. The Hall–Kier alpha value is -2.21. The molecular formula is C15H18N4O2. The summed E-state index contributed by atoms with van der Waals surface area (Å²) < 4.78 is 1.64. The molecule has 0 saturated heterocycles. The van der Waals surface area contributed by atoms with E-state index in [1.165, 1.54) is 0 Å². The average Bonchev–Trinajstić information content (AvgIpc) is 3.25. The van der Waals surface area contributed by atoms with E-state index in [1.54, 1.807) is 28.0 Å². The summed E-state index contributed by atoms with van der Waals surface area (Å²) >= 11 is 0. The molecule has 21 heavy (non-hydrogen) atoms. The molecule has 0 radical (unpaired) electrons. The quantitative estimate of drug-likeness (QED) is 0.893. The van der Waals surface area contributed by atoms with E-state index < -0.39 is 0 Å². The standard InChI is InChI=1S/C15H18N4O2/c1-18-10-16-14(17-18)11-2-4-12(5-3-11)15(21)19(8-9-20)13-6-7-13/h2-5,10,13,20H,6-9H2,1H3. The first-order chi connectivity index (χ1) is 10.2. The Morgan fingerprint density at radius 3 is 2.62 bits per heavy atom. The minimum Gasteiger partial charge on any atom is -0.395 e. The first-order valence-corrected chi connectivity index (χ1v) is 7.07. The summed E-state index contributed by atoms with van der Waals surface area (Å²) in [5, 5.41) is 13.3. The fraction of sp³-hybridized carbons (Fsp3) is 0.400. The molecule has 1 N–H and O–H groups in total. The molecule has 2 aromatic rings. The van der Waals surface area contributed by atoms with Gasteiger partial charge in [-0.2, -0.15) is 5.10 Å². The van der Waals surface area contributed by atoms with Gasteiger partial charge in [-0.25, -0.2) is 4.98 Å². The predicted molar refractivity (Wildman–Crippen MR) is 77.6 cm³/mol. The van der Waals surface area contributed by atoms with Crippen LogP contribution in [0.2, 0.25) is 0 Å². The topological polar surface area (TPSA) is 71.2 Å². The van der Waals surface area contributed by atoms with Crippen molar-refractivity contribution in [3.05, 3.63) is 36.2 Å². The second kappa shape index (κ2) is 5.65. The normalized spacial score (nSPS) is 14.2. The van der Waals surface area contributed by atoms with Crippen molar-refractivity contribution in [2.24, 2.45) is 7.05 Å². The van der Waals surface area contributed by atoms with Gasteiger partial charge in [-0.15, -0.1) is 0 Å². The third-order valence-corrected chi connectivity index (χ3v) is 3.58. The number of aromatic nitrogens is 3. The summed E-state index contributed by atoms with van der Waals surface area (Å²) in [6, 6.07) is 7.59. The lowest BCUT2D eigenvalue weighted by Crippen LogP contribution is -2.35. The summed E-state index contributed by atoms with van der Waals surface area (Å²) in [5.74, 6) is 0.623. The van der Waals surface area contributed by atoms with Crippen molar-refractivity contribution in [2.75, 3.05) is 13.2 Å². The van der Waals surface area contributed by atoms with Gasteiger partial charge in [0.2, 0.25) is 0 Å². The van der Waals surface area contributed by atoms with Crippen molar-refractivity contribution in [1.29, 1.82) is 0 Å². The van der Waals surface area contributed by atoms with Crippen LogP contribution in [0.4, 0.5) is 0 Å². The van der Waals surface area contributed by atoms with E-state index in [0.717, 1.165) is 18.4 Å². The number of aryl methyl sites for hydroxylation is 1. The van der Waals surface area contributed by atoms with Gasteiger partial charge in [0.05, 0.1) is 6.61 Å². The summed E-state index contributed by atoms with van der Waals surface area (Å²) in [7, 11) is 1.82. The molecule has 0 aliphatic heterocycles. The average molecular weight is 286 g/mol. The third-order valence-electron chi connectivity index (χ3n) is 3.58. The Labute approximate surface area is 123 Å². The maximum atomic E-state index is 12.4. The maximum Gasteiger partial charge on any atom is 0.254 e. The van der Waals surface area contributed by atoms with Crippen LogP contribution in [-0.2, 0) is 7.05 Å². The highest BCUT2D eigenvalue weighted by atomic mass is 16.3. The number of carbonyl (C=O) groups excluding carboxylic acids is 1. The highest BCUT2D eigenvalue weighted by Gasteiger charge is 2.32. The van der Waals surface area contributed by atoms with E-state index in [0.29, 0.717) is 24.0 Å². The summed E-state index contributed by atoms with van der Waals surface area (Å²) in [6.07, 6.45) is 3.70. The zero-order chi connectivity index (χ0) is 14.8. The van der Waals surface area contributed by atoms with Crippen molar-refractivity contribution in [3.63, 3.8) is 0 Å². The molecule has 1 saturated carbocycles. The van der Waals surface area contributed by atoms with Crippen LogP contribution in [0.3, 0.4) is 0 Å². The molecule has 0 unspecified atom stereocenters. The molecule has 0 bridgehead atoms. The first kappa shape index (κ1) is 13.8. The van der Waals surface area contributed by atoms with Gasteiger partial charge < -0.3 is 10.0 Å². The second-order valence-electron chi connectivity index (χ2n) is 5.27. The van der Waals surface area contributed by atoms with E-state index in [1.807, 2.05) is 19.2 Å². The van der Waals surface area contributed by atoms with Crippen molar-refractivity contribution in [2.45, 2.75) is 18.9 Å². The van der Waals surface area contributed by atoms with Crippen molar-refractivity contribution in [3.8, 4) is 11.4 Å². The highest BCUT2D eigenvalue weighted by Crippen LogP contribution is 2.28. The number of hydrogen-bond acceptors (Lipinski definition) is 4. The Bertz CT molecular complexity index is 631. The van der Waals surface area contributed by atoms with Gasteiger partial charge in [0, 0.05) is 30.8 Å². The lowest BCUT2D eigenvalue weighted by Gasteiger charge is -2.21. The molecule has 1 aliphatic carbocycles. The van der Waals surface area contributed by atoms with Crippen LogP contribution in [0.1, 0.15) is 23.2 Å². The first-order valence-electron chi connectivity index (χ1n) is 7.07. The predicted octanol–water partition coefficient (Wildman–Crippen LogP) is 1.08. The van der Waals surface area contributed by atoms with Crippen LogP contribution in [0, 0.1) is 0 Å². The van der Waals surface area contributed by atoms with Gasteiger partial charge >= 0.3 is 0 Å². The number of amides is 1. The molecule has 1 aromatic heterocycles. The van der Waals surface area contributed by atoms with Gasteiger partial charge in [-0.05, 0) is 25.0 Å². The van der Waals surface area contributed by atoms with Crippen LogP contribution in [0.25, 0.3) is 11.4 Å². The third kappa shape index (κ3) is 2.95. The molecular weight excluding hydrogens is 268 g/mol. The maximum absolute atomic E-state index is 12.4. The molecule has 1 aromatic carbocycles. The number of rotatable bonds is 5. The summed E-state index contributed by atoms with van der Waals surface area (Å²) in [4.78, 5) is 18.4. The smallest absolute Gasteiger partial charge is 0.254 e. The molecule has 0 spiro atoms. The van der Waals surface area contributed by atoms with Gasteiger partial charge in [-0.3, -0.25) is 9.48 Å². The molecule has 1 amide bonds. The highest BCUT2D eigenvalue weighted by molar-refractivity contribution is 5.95. The largest absolute Gasteiger partial charge is 0.395 e. The van der Waals surface area contributed by atoms with E-state index in [-0.39, 0.29) is 12.5 Å². The van der Waals surface area contributed by atoms with Crippen LogP contribution >= 0.6 is 0 Å². The van der Waals surface area contributed by atoms with Crippen LogP contribution in [0.5, 0.6) is 0 Å². The Morgan fingerprint density at radius 2 is 2.10 bits per heavy atom. The minimum absolute atomic E-state index is 0.00181. The second-order valence-corrected chi connectivity index (χ2v) is 5.27. The van der Waals surface area contributed by atoms with Gasteiger partial charge in [-0.1, -0.05) is 12.1 Å². The van der Waals surface area contributed by atoms with Crippen molar-refractivity contribution in [1.82, 2.24) is 19.7 Å². The van der Waals surface area contributed by atoms with Crippen molar-refractivity contribution < 1.29 is 9.90 Å². The number of hydrogen-bond donors (Lipinski definition) is 1. The number of aliphatic hydroxyl groups is 1. The van der Waals surface area contributed by atoms with Crippen LogP contribution in [0.15, 0.2) is 30.6 Å². The van der Waals surface area contributed by atoms with Gasteiger partial charge in [0.25, 0.3) is 5.91 Å². The van der Waals surface area contributed by atoms with Crippen LogP contribution < -0.4 is 0 Å². The Balaban J connectivity index is 1.78. The molecule has 6 nitrogen and oxygen atoms in total. The molecule has 3 rings (SSSR count). The van der Waals surface area contributed by atoms with E-state index in [2.05, 4.69) is 10.1 Å². The molecule has 1 heterocycles. The molecule has 6 heteroatoms. The number of carbonyl (C=O) groups is 1. The summed E-state index contributed by atoms with van der Waals surface area (Å²) in [6.45, 7) is 0.394. The number of nitrogens with zero attached hydrogens (tertiary/aromatic N) is 4. The fourth-order valence-electron chi connectivity index (χ4n) is 2.34. The van der Waals surface area contributed by atoms with E-state index in [4.69, 9.17) is 5.11 Å². The van der Waals surface area contributed by atoms with E-state index >= 15 is 0 Å². The fourth-order valence-corrected chi connectivity index (χ4v) is 2.34. The Morgan fingerprint density at radius 1 is 1.38 bits per heavy atom. The summed E-state index contributed by atoms with van der Waals surface area (Å²) in [5.41, 5.74) is 1.52. The Kier molecular flexibility index (Phi) is 3.70. The van der Waals surface area contributed by atoms with E-state index in [9.17, 15) is 4.79 Å². The number of aliphatic hydroxyl groups excluding tert-OH is 1. The lowest BCUT2D eigenvalue weighted by atomic mass is 10.1. The molecule has 0 atom stereocenters. The molecule has 1 fully saturated rings.